The normalized spacial score (nSPS) is 18.5. The third-order valence-corrected chi connectivity index (χ3v) is 4.26. The van der Waals surface area contributed by atoms with E-state index in [1.807, 2.05) is 43.4 Å². The number of hydrogen-bond acceptors (Lipinski definition) is 1. The number of allylic oxidation sites excluding steroid dienone is 7. The van der Waals surface area contributed by atoms with Gasteiger partial charge in [0.15, 0.2) is 12.4 Å². The molecule has 2 aromatic rings. The third kappa shape index (κ3) is 2.94. The number of para-hydroxylation sites is 2. The van der Waals surface area contributed by atoms with E-state index in [1.54, 1.807) is 0 Å². The van der Waals surface area contributed by atoms with E-state index in [1.165, 1.54) is 16.5 Å². The summed E-state index contributed by atoms with van der Waals surface area (Å²) < 4.78 is 2.16. The Morgan fingerprint density at radius 3 is 2.56 bits per heavy atom. The lowest BCUT2D eigenvalue weighted by atomic mass is 10.1. The summed E-state index contributed by atoms with van der Waals surface area (Å²) in [6.07, 6.45) is 16.5. The molecule has 0 aromatic heterocycles. The number of hydrogen-bond donors (Lipinski definition) is 0. The van der Waals surface area contributed by atoms with Crippen LogP contribution in [0.4, 0.5) is 5.69 Å². The molecule has 0 saturated heterocycles. The van der Waals surface area contributed by atoms with Crippen LogP contribution in [0.1, 0.15) is 12.5 Å². The van der Waals surface area contributed by atoms with Gasteiger partial charge in [0.2, 0.25) is 5.69 Å². The maximum Gasteiger partial charge on any atom is 0.218 e. The molecule has 0 unspecified atom stereocenters. The highest BCUT2D eigenvalue weighted by molar-refractivity contribution is 6.15. The monoisotopic (exact) mass is 323 g/mol. The Labute approximate surface area is 147 Å². The Kier molecular flexibility index (Phi) is 4.09. The number of rotatable bonds is 3. The van der Waals surface area contributed by atoms with Crippen LogP contribution in [0.15, 0.2) is 95.8 Å². The van der Waals surface area contributed by atoms with Crippen LogP contribution < -0.4 is 10.6 Å². The van der Waals surface area contributed by atoms with E-state index in [-0.39, 0.29) is 0 Å². The smallest absolute Gasteiger partial charge is 0.218 e. The van der Waals surface area contributed by atoms with Crippen LogP contribution in [0.25, 0.3) is 11.6 Å². The zero-order valence-electron chi connectivity index (χ0n) is 14.1. The molecule has 2 aromatic carbocycles. The zero-order chi connectivity index (χ0) is 17.1. The van der Waals surface area contributed by atoms with Crippen LogP contribution in [-0.4, -0.2) is 10.8 Å². The summed E-state index contributed by atoms with van der Waals surface area (Å²) in [5.41, 5.74) is 4.58. The maximum atomic E-state index is 4.81. The second-order valence-electron chi connectivity index (χ2n) is 5.92. The summed E-state index contributed by atoms with van der Waals surface area (Å²) in [5, 5.41) is 2.22. The van der Waals surface area contributed by atoms with Crippen molar-refractivity contribution in [1.82, 2.24) is 0 Å². The summed E-state index contributed by atoms with van der Waals surface area (Å²) in [5.74, 6) is 0. The first-order valence-electron chi connectivity index (χ1n) is 8.45. The van der Waals surface area contributed by atoms with Crippen molar-refractivity contribution in [2.45, 2.75) is 6.92 Å². The van der Waals surface area contributed by atoms with Crippen molar-refractivity contribution in [2.75, 3.05) is 0 Å². The molecule has 0 radical (unpaired) electrons. The number of nitrogens with zero attached hydrogens (tertiary/aromatic N) is 2. The minimum atomic E-state index is 1.02. The molecule has 0 aliphatic carbocycles. The van der Waals surface area contributed by atoms with E-state index in [0.717, 1.165) is 16.6 Å². The van der Waals surface area contributed by atoms with E-state index in [4.69, 9.17) is 4.99 Å². The van der Waals surface area contributed by atoms with Crippen molar-refractivity contribution in [3.05, 3.63) is 107 Å². The fourth-order valence-electron chi connectivity index (χ4n) is 3.07. The van der Waals surface area contributed by atoms with Gasteiger partial charge >= 0.3 is 0 Å². The van der Waals surface area contributed by atoms with Crippen LogP contribution in [0.3, 0.4) is 0 Å². The Balaban J connectivity index is 1.80. The van der Waals surface area contributed by atoms with Crippen molar-refractivity contribution in [2.24, 2.45) is 4.99 Å². The number of benzene rings is 2. The average Bonchev–Trinajstić information content (AvgIpc) is 3.23. The molecule has 2 aliphatic rings. The quantitative estimate of drug-likeness (QED) is 0.602. The summed E-state index contributed by atoms with van der Waals surface area (Å²) in [6, 6.07) is 16.7. The summed E-state index contributed by atoms with van der Waals surface area (Å²) in [6.45, 7) is 2.01. The van der Waals surface area contributed by atoms with E-state index in [2.05, 4.69) is 65.5 Å². The number of fused-ring (bicyclic) bond motifs is 2. The van der Waals surface area contributed by atoms with Crippen molar-refractivity contribution in [3.63, 3.8) is 0 Å². The molecular weight excluding hydrogens is 304 g/mol. The molecule has 2 heterocycles. The van der Waals surface area contributed by atoms with Crippen LogP contribution >= 0.6 is 0 Å². The molecule has 25 heavy (non-hydrogen) atoms. The lowest BCUT2D eigenvalue weighted by Crippen LogP contribution is -2.19. The minimum absolute atomic E-state index is 1.02. The van der Waals surface area contributed by atoms with E-state index < -0.39 is 0 Å². The topological polar surface area (TPSA) is 15.4 Å². The molecule has 120 valence electrons. The van der Waals surface area contributed by atoms with Gasteiger partial charge in [0, 0.05) is 17.4 Å². The van der Waals surface area contributed by atoms with Gasteiger partial charge in [-0.15, -0.1) is 0 Å². The minimum Gasteiger partial charge on any atom is -0.248 e. The fourth-order valence-corrected chi connectivity index (χ4v) is 3.07. The molecule has 2 aliphatic heterocycles. The Morgan fingerprint density at radius 2 is 1.68 bits per heavy atom. The highest BCUT2D eigenvalue weighted by atomic mass is 15.0. The molecule has 0 amide bonds. The lowest BCUT2D eigenvalue weighted by Gasteiger charge is -1.96. The lowest BCUT2D eigenvalue weighted by molar-refractivity contribution is -0.350. The molecule has 0 bridgehead atoms. The molecule has 0 atom stereocenters. The van der Waals surface area contributed by atoms with Crippen molar-refractivity contribution in [1.29, 1.82) is 0 Å². The largest absolute Gasteiger partial charge is 0.248 e. The van der Waals surface area contributed by atoms with Gasteiger partial charge in [-0.2, -0.15) is 4.58 Å². The van der Waals surface area contributed by atoms with Crippen LogP contribution in [0, 0.1) is 0 Å². The molecule has 4 rings (SSSR count). The molecule has 0 spiro atoms. The summed E-state index contributed by atoms with van der Waals surface area (Å²) >= 11 is 0. The molecule has 0 saturated carbocycles. The molecule has 0 N–H and O–H groups in total. The Hall–Kier alpha value is -3.26. The van der Waals surface area contributed by atoms with Gasteiger partial charge in [-0.05, 0) is 25.1 Å². The fraction of sp³-hybridized carbons (Fsp3) is 0.0435. The van der Waals surface area contributed by atoms with Crippen molar-refractivity contribution in [3.8, 4) is 0 Å². The summed E-state index contributed by atoms with van der Waals surface area (Å²) in [4.78, 5) is 4.81. The first-order valence-corrected chi connectivity index (χ1v) is 8.45. The standard InChI is InChI=1S/C23H19N2/c1-2-3-4-5-10-15-25-17-20(19-12-7-9-14-23(19)25)22-16-18-11-6-8-13-21(18)24-22/h2-17H,1H3/q+1. The predicted octanol–water partition coefficient (Wildman–Crippen LogP) is 3.89. The first-order chi connectivity index (χ1) is 12.4. The maximum absolute atomic E-state index is 4.81. The van der Waals surface area contributed by atoms with Crippen LogP contribution in [-0.2, 0) is 0 Å². The van der Waals surface area contributed by atoms with E-state index in [9.17, 15) is 0 Å². The van der Waals surface area contributed by atoms with Gasteiger partial charge in [-0.1, -0.05) is 54.6 Å². The SMILES string of the molecule is CC=CC=CC=C[N+]1=CC(=C2C=c3ccccc3=N2)c2ccccc21. The van der Waals surface area contributed by atoms with E-state index >= 15 is 0 Å². The highest BCUT2D eigenvalue weighted by Gasteiger charge is 2.26. The second kappa shape index (κ2) is 6.70. The third-order valence-electron chi connectivity index (χ3n) is 4.26. The molecular formula is C23H19N2+. The van der Waals surface area contributed by atoms with Gasteiger partial charge in [0.05, 0.1) is 22.2 Å². The van der Waals surface area contributed by atoms with E-state index in [0.29, 0.717) is 0 Å². The first kappa shape index (κ1) is 15.3. The molecule has 2 nitrogen and oxygen atoms in total. The summed E-state index contributed by atoms with van der Waals surface area (Å²) in [7, 11) is 0. The zero-order valence-corrected chi connectivity index (χ0v) is 14.1. The Morgan fingerprint density at radius 1 is 0.880 bits per heavy atom. The predicted molar refractivity (Wildman–Crippen MR) is 104 cm³/mol. The van der Waals surface area contributed by atoms with Crippen molar-refractivity contribution < 1.29 is 4.58 Å². The molecule has 0 fully saturated rings. The Bertz CT molecular complexity index is 1060. The molecule has 2 heteroatoms. The highest BCUT2D eigenvalue weighted by Crippen LogP contribution is 2.33. The van der Waals surface area contributed by atoms with Gasteiger partial charge in [-0.3, -0.25) is 0 Å². The van der Waals surface area contributed by atoms with Crippen LogP contribution in [0.5, 0.6) is 0 Å². The van der Waals surface area contributed by atoms with Gasteiger partial charge in [0.25, 0.3) is 0 Å². The van der Waals surface area contributed by atoms with Crippen LogP contribution in [0.2, 0.25) is 0 Å². The second-order valence-corrected chi connectivity index (χ2v) is 5.92. The van der Waals surface area contributed by atoms with Gasteiger partial charge < -0.3 is 0 Å². The van der Waals surface area contributed by atoms with Crippen molar-refractivity contribution >= 4 is 23.6 Å². The van der Waals surface area contributed by atoms with Gasteiger partial charge in [-0.25, -0.2) is 4.99 Å². The average molecular weight is 323 g/mol. The van der Waals surface area contributed by atoms with Gasteiger partial charge in [0.1, 0.15) is 0 Å².